The Labute approximate surface area is 107 Å². The van der Waals surface area contributed by atoms with E-state index >= 15 is 0 Å². The maximum absolute atomic E-state index is 5.39. The third-order valence-electron chi connectivity index (χ3n) is 2.38. The zero-order chi connectivity index (χ0) is 12.9. The van der Waals surface area contributed by atoms with Crippen LogP contribution in [0.4, 0.5) is 11.6 Å². The third-order valence-corrected chi connectivity index (χ3v) is 2.93. The smallest absolute Gasteiger partial charge is 0.191 e. The molecule has 1 aromatic rings. The van der Waals surface area contributed by atoms with Gasteiger partial charge in [0.1, 0.15) is 11.6 Å². The molecule has 4 N–H and O–H groups in total. The number of anilines is 2. The number of nitrogens with zero attached hydrogens (tertiary/aromatic N) is 2. The summed E-state index contributed by atoms with van der Waals surface area (Å²) >= 11 is 1.49. The van der Waals surface area contributed by atoms with Gasteiger partial charge in [0.25, 0.3) is 0 Å². The van der Waals surface area contributed by atoms with Crippen LogP contribution in [-0.4, -0.2) is 21.8 Å². The second-order valence-corrected chi connectivity index (χ2v) is 5.30. The van der Waals surface area contributed by atoms with E-state index in [4.69, 9.17) is 5.84 Å². The van der Waals surface area contributed by atoms with Crippen molar-refractivity contribution in [1.29, 1.82) is 0 Å². The minimum Gasteiger partial charge on any atom is -0.365 e. The van der Waals surface area contributed by atoms with Crippen molar-refractivity contribution in [3.63, 3.8) is 0 Å². The molecule has 0 aliphatic heterocycles. The first-order chi connectivity index (χ1) is 8.00. The Hall–Kier alpha value is -1.01. The molecule has 17 heavy (non-hydrogen) atoms. The predicted molar refractivity (Wildman–Crippen MR) is 74.2 cm³/mol. The lowest BCUT2D eigenvalue weighted by molar-refractivity contribution is 0.508. The highest BCUT2D eigenvalue weighted by molar-refractivity contribution is 7.98. The van der Waals surface area contributed by atoms with E-state index in [-0.39, 0.29) is 5.54 Å². The molecule has 0 saturated heterocycles. The number of thioether (sulfide) groups is 1. The SMILES string of the molecule is CCCC(C)(C)Nc1cc(NN)nc(SC)n1. The minimum absolute atomic E-state index is 0.0185. The van der Waals surface area contributed by atoms with Crippen molar-refractivity contribution in [3.8, 4) is 0 Å². The van der Waals surface area contributed by atoms with Gasteiger partial charge >= 0.3 is 0 Å². The fraction of sp³-hybridized carbons (Fsp3) is 0.636. The average molecular weight is 255 g/mol. The Bertz CT molecular complexity index is 345. The largest absolute Gasteiger partial charge is 0.365 e. The highest BCUT2D eigenvalue weighted by Gasteiger charge is 2.17. The molecule has 1 heterocycles. The van der Waals surface area contributed by atoms with Gasteiger partial charge in [0, 0.05) is 11.6 Å². The predicted octanol–water partition coefficient (Wildman–Crippen LogP) is 2.47. The van der Waals surface area contributed by atoms with Crippen LogP contribution < -0.4 is 16.6 Å². The van der Waals surface area contributed by atoms with Crippen molar-refractivity contribution in [1.82, 2.24) is 9.97 Å². The first kappa shape index (κ1) is 14.1. The summed E-state index contributed by atoms with van der Waals surface area (Å²) in [5.41, 5.74) is 2.57. The molecule has 0 bridgehead atoms. The molecule has 0 spiro atoms. The van der Waals surface area contributed by atoms with Crippen LogP contribution in [0, 0.1) is 0 Å². The van der Waals surface area contributed by atoms with E-state index in [2.05, 4.69) is 41.5 Å². The first-order valence-corrected chi connectivity index (χ1v) is 6.91. The van der Waals surface area contributed by atoms with Gasteiger partial charge in [-0.2, -0.15) is 0 Å². The molecule has 0 radical (unpaired) electrons. The Morgan fingerprint density at radius 2 is 2.00 bits per heavy atom. The lowest BCUT2D eigenvalue weighted by atomic mass is 9.99. The number of nitrogens with one attached hydrogen (secondary N) is 2. The molecule has 0 aliphatic carbocycles. The Morgan fingerprint density at radius 3 is 2.53 bits per heavy atom. The van der Waals surface area contributed by atoms with E-state index in [9.17, 15) is 0 Å². The summed E-state index contributed by atoms with van der Waals surface area (Å²) in [4.78, 5) is 8.63. The molecule has 0 aliphatic rings. The van der Waals surface area contributed by atoms with Crippen LogP contribution in [0.25, 0.3) is 0 Å². The minimum atomic E-state index is 0.0185. The van der Waals surface area contributed by atoms with Crippen molar-refractivity contribution in [2.45, 2.75) is 44.3 Å². The Morgan fingerprint density at radius 1 is 1.35 bits per heavy atom. The van der Waals surface area contributed by atoms with Crippen molar-refractivity contribution in [2.75, 3.05) is 17.0 Å². The summed E-state index contributed by atoms with van der Waals surface area (Å²) in [5, 5.41) is 4.11. The van der Waals surface area contributed by atoms with E-state index in [0.717, 1.165) is 18.7 Å². The van der Waals surface area contributed by atoms with Crippen molar-refractivity contribution >= 4 is 23.4 Å². The summed E-state index contributed by atoms with van der Waals surface area (Å²) in [6.07, 6.45) is 4.15. The van der Waals surface area contributed by atoms with Crippen LogP contribution in [-0.2, 0) is 0 Å². The highest BCUT2D eigenvalue weighted by atomic mass is 32.2. The monoisotopic (exact) mass is 255 g/mol. The first-order valence-electron chi connectivity index (χ1n) is 5.68. The Kier molecular flexibility index (Phi) is 5.02. The number of nitrogen functional groups attached to an aromatic ring is 1. The molecule has 0 aromatic carbocycles. The molecule has 1 aromatic heterocycles. The molecule has 1 rings (SSSR count). The number of nitrogens with two attached hydrogens (primary N) is 1. The summed E-state index contributed by atoms with van der Waals surface area (Å²) in [6, 6.07) is 1.82. The summed E-state index contributed by atoms with van der Waals surface area (Å²) in [5.74, 6) is 6.81. The third kappa shape index (κ3) is 4.40. The number of hydrazine groups is 1. The molecule has 5 nitrogen and oxygen atoms in total. The fourth-order valence-electron chi connectivity index (χ4n) is 1.69. The molecular formula is C11H21N5S. The standard InChI is InChI=1S/C11H21N5S/c1-5-6-11(2,3)15-8-7-9(16-12)14-10(13-8)17-4/h7H,5-6,12H2,1-4H3,(H2,13,14,15,16). The van der Waals surface area contributed by atoms with Gasteiger partial charge in [0.2, 0.25) is 0 Å². The van der Waals surface area contributed by atoms with Crippen LogP contribution in [0.5, 0.6) is 0 Å². The second-order valence-electron chi connectivity index (χ2n) is 4.53. The van der Waals surface area contributed by atoms with Crippen molar-refractivity contribution in [2.24, 2.45) is 5.84 Å². The summed E-state index contributed by atoms with van der Waals surface area (Å²) in [6.45, 7) is 6.49. The van der Waals surface area contributed by atoms with Gasteiger partial charge in [0.05, 0.1) is 0 Å². The molecule has 0 amide bonds. The van der Waals surface area contributed by atoms with Gasteiger partial charge in [-0.25, -0.2) is 15.8 Å². The maximum atomic E-state index is 5.39. The molecule has 0 atom stereocenters. The van der Waals surface area contributed by atoms with Gasteiger partial charge in [-0.05, 0) is 26.5 Å². The van der Waals surface area contributed by atoms with Gasteiger partial charge in [-0.1, -0.05) is 25.1 Å². The van der Waals surface area contributed by atoms with Crippen LogP contribution in [0.2, 0.25) is 0 Å². The summed E-state index contributed by atoms with van der Waals surface area (Å²) in [7, 11) is 0. The molecule has 96 valence electrons. The maximum Gasteiger partial charge on any atom is 0.191 e. The van der Waals surface area contributed by atoms with Crippen LogP contribution >= 0.6 is 11.8 Å². The fourth-order valence-corrected chi connectivity index (χ4v) is 2.07. The zero-order valence-electron chi connectivity index (χ0n) is 10.9. The lowest BCUT2D eigenvalue weighted by Gasteiger charge is -2.26. The van der Waals surface area contributed by atoms with Gasteiger partial charge in [-0.15, -0.1) is 0 Å². The van der Waals surface area contributed by atoms with Crippen LogP contribution in [0.3, 0.4) is 0 Å². The quantitative estimate of drug-likeness (QED) is 0.314. The number of hydrogen-bond acceptors (Lipinski definition) is 6. The molecule has 0 unspecified atom stereocenters. The van der Waals surface area contributed by atoms with Gasteiger partial charge < -0.3 is 10.7 Å². The van der Waals surface area contributed by atoms with Gasteiger partial charge in [0.15, 0.2) is 5.16 Å². The van der Waals surface area contributed by atoms with E-state index in [1.54, 1.807) is 0 Å². The Balaban J connectivity index is 2.89. The lowest BCUT2D eigenvalue weighted by Crippen LogP contribution is -2.31. The molecule has 0 fully saturated rings. The normalized spacial score (nSPS) is 11.4. The second kappa shape index (κ2) is 6.07. The van der Waals surface area contributed by atoms with Crippen LogP contribution in [0.1, 0.15) is 33.6 Å². The van der Waals surface area contributed by atoms with Crippen molar-refractivity contribution in [3.05, 3.63) is 6.07 Å². The van der Waals surface area contributed by atoms with E-state index in [1.165, 1.54) is 11.8 Å². The number of aromatic nitrogens is 2. The van der Waals surface area contributed by atoms with Crippen LogP contribution in [0.15, 0.2) is 11.2 Å². The molecule has 0 saturated carbocycles. The van der Waals surface area contributed by atoms with E-state index < -0.39 is 0 Å². The molecule has 6 heteroatoms. The highest BCUT2D eigenvalue weighted by Crippen LogP contribution is 2.22. The number of hydrogen-bond donors (Lipinski definition) is 3. The zero-order valence-corrected chi connectivity index (χ0v) is 11.7. The topological polar surface area (TPSA) is 75.9 Å². The summed E-state index contributed by atoms with van der Waals surface area (Å²) < 4.78 is 0. The molecular weight excluding hydrogens is 234 g/mol. The van der Waals surface area contributed by atoms with E-state index in [0.29, 0.717) is 11.0 Å². The average Bonchev–Trinajstić information content (AvgIpc) is 2.27. The van der Waals surface area contributed by atoms with Gasteiger partial charge in [-0.3, -0.25) is 0 Å². The van der Waals surface area contributed by atoms with Crippen molar-refractivity contribution < 1.29 is 0 Å². The van der Waals surface area contributed by atoms with E-state index in [1.807, 2.05) is 12.3 Å². The number of rotatable bonds is 6.